The molecule has 0 aliphatic heterocycles. The highest BCUT2D eigenvalue weighted by Crippen LogP contribution is 1.97. The first-order valence-electron chi connectivity index (χ1n) is 1.71. The Bertz CT molecular complexity index is 17.6. The van der Waals surface area contributed by atoms with Gasteiger partial charge in [-0.2, -0.15) is 0 Å². The third-order valence-electron chi connectivity index (χ3n) is 0.459. The first-order valence-corrected chi connectivity index (χ1v) is 2.62. The maximum absolute atomic E-state index is 3.32. The molecule has 0 aromatic heterocycles. The molecule has 0 aliphatic rings. The van der Waals surface area contributed by atoms with Gasteiger partial charge in [-0.25, -0.2) is 0 Å². The van der Waals surface area contributed by atoms with Crippen LogP contribution in [0.15, 0.2) is 0 Å². The van der Waals surface area contributed by atoms with E-state index in [1.807, 2.05) is 6.92 Å². The molecule has 0 aromatic carbocycles. The van der Waals surface area contributed by atoms with E-state index in [1.54, 1.807) is 0 Å². The van der Waals surface area contributed by atoms with Crippen LogP contribution in [0.5, 0.6) is 0 Å². The van der Waals surface area contributed by atoms with E-state index < -0.39 is 0 Å². The van der Waals surface area contributed by atoms with Crippen LogP contribution < -0.4 is 0 Å². The molecular weight excluding hydrogens is 128 g/mol. The normalized spacial score (nSPS) is 15.0. The van der Waals surface area contributed by atoms with Crippen LogP contribution in [0.2, 0.25) is 0 Å². The minimum atomic E-state index is 0.572. The predicted molar refractivity (Wildman–Crippen MR) is 28.4 cm³/mol. The fourth-order valence-electron chi connectivity index (χ4n) is 0. The van der Waals surface area contributed by atoms with Crippen LogP contribution >= 0.6 is 15.9 Å². The van der Waals surface area contributed by atoms with E-state index in [0.717, 1.165) is 0 Å². The van der Waals surface area contributed by atoms with E-state index in [-0.39, 0.29) is 0 Å². The van der Waals surface area contributed by atoms with E-state index in [1.165, 1.54) is 0 Å². The number of alkyl halides is 1. The Kier molecular flexibility index (Phi) is 2.96. The monoisotopic (exact) mass is 135 g/mol. The molecule has 0 fully saturated rings. The van der Waals surface area contributed by atoms with Crippen LogP contribution in [0.4, 0.5) is 0 Å². The second-order valence-corrected chi connectivity index (χ2v) is 2.46. The Morgan fingerprint density at radius 2 is 2.00 bits per heavy atom. The van der Waals surface area contributed by atoms with Gasteiger partial charge in [0.15, 0.2) is 0 Å². The molecule has 0 spiro atoms. The van der Waals surface area contributed by atoms with Gasteiger partial charge in [0.1, 0.15) is 0 Å². The Balaban J connectivity index is 2.54. The van der Waals surface area contributed by atoms with Crippen molar-refractivity contribution in [1.29, 1.82) is 0 Å². The fourth-order valence-corrected chi connectivity index (χ4v) is 0. The summed E-state index contributed by atoms with van der Waals surface area (Å²) in [5.41, 5.74) is 0. The van der Waals surface area contributed by atoms with Crippen LogP contribution in [-0.2, 0) is 0 Å². The molecule has 1 radical (unpaired) electrons. The Hall–Kier alpha value is 0.480. The summed E-state index contributed by atoms with van der Waals surface area (Å²) in [6, 6.07) is 0. The molecule has 0 N–H and O–H groups in total. The van der Waals surface area contributed by atoms with Crippen molar-refractivity contribution >= 4 is 15.9 Å². The third kappa shape index (κ3) is 4.48. The summed E-state index contributed by atoms with van der Waals surface area (Å²) >= 11 is 3.32. The SMILES string of the molecule is C[CH]C(C)Br. The molecule has 0 aromatic rings. The highest BCUT2D eigenvalue weighted by Gasteiger charge is 1.83. The Morgan fingerprint density at radius 1 is 1.80 bits per heavy atom. The molecule has 31 valence electrons. The lowest BCUT2D eigenvalue weighted by atomic mass is 10.4. The van der Waals surface area contributed by atoms with Gasteiger partial charge in [-0.05, 0) is 6.42 Å². The van der Waals surface area contributed by atoms with Crippen molar-refractivity contribution in [3.63, 3.8) is 0 Å². The van der Waals surface area contributed by atoms with Gasteiger partial charge in [0.25, 0.3) is 0 Å². The highest BCUT2D eigenvalue weighted by molar-refractivity contribution is 9.09. The first kappa shape index (κ1) is 5.48. The number of rotatable bonds is 1. The van der Waals surface area contributed by atoms with E-state index in [9.17, 15) is 0 Å². The van der Waals surface area contributed by atoms with E-state index in [4.69, 9.17) is 0 Å². The zero-order valence-electron chi connectivity index (χ0n) is 3.53. The van der Waals surface area contributed by atoms with Crippen LogP contribution in [0.3, 0.4) is 0 Å². The highest BCUT2D eigenvalue weighted by atomic mass is 79.9. The van der Waals surface area contributed by atoms with Crippen LogP contribution in [0, 0.1) is 6.42 Å². The van der Waals surface area contributed by atoms with Crippen molar-refractivity contribution in [3.8, 4) is 0 Å². The van der Waals surface area contributed by atoms with Gasteiger partial charge in [0.05, 0.1) is 0 Å². The summed E-state index contributed by atoms with van der Waals surface area (Å²) in [6.07, 6.45) is 2.08. The second-order valence-electron chi connectivity index (χ2n) is 1.01. The summed E-state index contributed by atoms with van der Waals surface area (Å²) in [5.74, 6) is 0. The largest absolute Gasteiger partial charge is 0.0891 e. The van der Waals surface area contributed by atoms with E-state index >= 15 is 0 Å². The average molecular weight is 136 g/mol. The minimum Gasteiger partial charge on any atom is -0.0891 e. The summed E-state index contributed by atoms with van der Waals surface area (Å²) in [6.45, 7) is 4.11. The smallest absolute Gasteiger partial charge is 0.0146 e. The van der Waals surface area contributed by atoms with Gasteiger partial charge in [-0.1, -0.05) is 29.8 Å². The zero-order chi connectivity index (χ0) is 4.28. The summed E-state index contributed by atoms with van der Waals surface area (Å²) < 4.78 is 0. The molecule has 1 heteroatoms. The molecule has 0 heterocycles. The summed E-state index contributed by atoms with van der Waals surface area (Å²) in [4.78, 5) is 0.572. The molecule has 5 heavy (non-hydrogen) atoms. The molecule has 1 unspecified atom stereocenters. The van der Waals surface area contributed by atoms with Gasteiger partial charge in [0, 0.05) is 4.83 Å². The maximum Gasteiger partial charge on any atom is 0.0146 e. The predicted octanol–water partition coefficient (Wildman–Crippen LogP) is 1.99. The van der Waals surface area contributed by atoms with Crippen LogP contribution in [0.25, 0.3) is 0 Å². The molecule has 0 aliphatic carbocycles. The number of hydrogen-bond acceptors (Lipinski definition) is 0. The van der Waals surface area contributed by atoms with Crippen molar-refractivity contribution in [1.82, 2.24) is 0 Å². The number of hydrogen-bond donors (Lipinski definition) is 0. The van der Waals surface area contributed by atoms with Gasteiger partial charge in [0.2, 0.25) is 0 Å². The molecule has 0 amide bonds. The van der Waals surface area contributed by atoms with Gasteiger partial charge in [-0.3, -0.25) is 0 Å². The van der Waals surface area contributed by atoms with Gasteiger partial charge < -0.3 is 0 Å². The molecule has 1 atom stereocenters. The standard InChI is InChI=1S/C4H8Br/c1-3-4(2)5/h3-4H,1-2H3. The van der Waals surface area contributed by atoms with Crippen molar-refractivity contribution < 1.29 is 0 Å². The second kappa shape index (κ2) is 2.70. The summed E-state index contributed by atoms with van der Waals surface area (Å²) in [7, 11) is 0. The topological polar surface area (TPSA) is 0 Å². The number of halogens is 1. The Labute approximate surface area is 41.7 Å². The Morgan fingerprint density at radius 3 is 2.00 bits per heavy atom. The fraction of sp³-hybridized carbons (Fsp3) is 0.750. The molecule has 0 rings (SSSR count). The van der Waals surface area contributed by atoms with Crippen molar-refractivity contribution in [2.45, 2.75) is 18.7 Å². The van der Waals surface area contributed by atoms with Crippen LogP contribution in [-0.4, -0.2) is 4.83 Å². The first-order chi connectivity index (χ1) is 2.27. The van der Waals surface area contributed by atoms with Crippen molar-refractivity contribution in [3.05, 3.63) is 6.42 Å². The maximum atomic E-state index is 3.32. The summed E-state index contributed by atoms with van der Waals surface area (Å²) in [5, 5.41) is 0. The lowest BCUT2D eigenvalue weighted by molar-refractivity contribution is 1.14. The lowest BCUT2D eigenvalue weighted by Gasteiger charge is -1.87. The van der Waals surface area contributed by atoms with Crippen molar-refractivity contribution in [2.24, 2.45) is 0 Å². The average Bonchev–Trinajstić information content (AvgIpc) is 1.38. The molecule has 0 saturated carbocycles. The molecule has 0 bridgehead atoms. The minimum absolute atomic E-state index is 0.572. The van der Waals surface area contributed by atoms with E-state index in [2.05, 4.69) is 29.3 Å². The molecule has 0 nitrogen and oxygen atoms in total. The van der Waals surface area contributed by atoms with Gasteiger partial charge >= 0.3 is 0 Å². The quantitative estimate of drug-likeness (QED) is 0.483. The molecular formula is C4H8Br. The third-order valence-corrected chi connectivity index (χ3v) is 0.988. The zero-order valence-corrected chi connectivity index (χ0v) is 5.12. The van der Waals surface area contributed by atoms with Crippen molar-refractivity contribution in [2.75, 3.05) is 0 Å². The molecule has 0 saturated heterocycles. The van der Waals surface area contributed by atoms with Crippen LogP contribution in [0.1, 0.15) is 13.8 Å². The van der Waals surface area contributed by atoms with E-state index in [0.29, 0.717) is 4.83 Å². The van der Waals surface area contributed by atoms with Gasteiger partial charge in [-0.15, -0.1) is 0 Å². The lowest BCUT2D eigenvalue weighted by Crippen LogP contribution is -1.81.